The van der Waals surface area contributed by atoms with Crippen LogP contribution in [-0.2, 0) is 4.74 Å². The Morgan fingerprint density at radius 2 is 1.81 bits per heavy atom. The molecule has 3 atom stereocenters. The molecular weight excluding hydrogens is 260 g/mol. The molecule has 0 heterocycles. The third-order valence-electron chi connectivity index (χ3n) is 6.52. The molecule has 0 aromatic rings. The number of rotatable bonds is 7. The van der Waals surface area contributed by atoms with E-state index in [0.29, 0.717) is 23.1 Å². The van der Waals surface area contributed by atoms with Crippen LogP contribution in [0.2, 0.25) is 0 Å². The average Bonchev–Trinajstić information content (AvgIpc) is 2.50. The first-order valence-corrected chi connectivity index (χ1v) is 9.01. The summed E-state index contributed by atoms with van der Waals surface area (Å²) < 4.78 is 5.93. The van der Waals surface area contributed by atoms with Crippen LogP contribution in [0.15, 0.2) is 0 Å². The monoisotopic (exact) mass is 296 g/mol. The molecule has 1 N–H and O–H groups in total. The Kier molecular flexibility index (Phi) is 5.72. The van der Waals surface area contributed by atoms with Gasteiger partial charge in [-0.15, -0.1) is 0 Å². The van der Waals surface area contributed by atoms with Gasteiger partial charge >= 0.3 is 0 Å². The molecule has 2 aliphatic carbocycles. The van der Waals surface area contributed by atoms with E-state index in [4.69, 9.17) is 4.74 Å². The number of nitrogens with zero attached hydrogens (tertiary/aromatic N) is 1. The lowest BCUT2D eigenvalue weighted by Crippen LogP contribution is -2.65. The Labute approximate surface area is 131 Å². The van der Waals surface area contributed by atoms with Gasteiger partial charge in [-0.3, -0.25) is 0 Å². The molecule has 2 rings (SSSR count). The summed E-state index contributed by atoms with van der Waals surface area (Å²) in [5.41, 5.74) is 0.696. The van der Waals surface area contributed by atoms with Crippen LogP contribution in [0.3, 0.4) is 0 Å². The van der Waals surface area contributed by atoms with Gasteiger partial charge in [0.15, 0.2) is 0 Å². The lowest BCUT2D eigenvalue weighted by Gasteiger charge is -2.55. The standard InChI is InChI=1S/C18H36N2O/c1-6-17(3)15(13-16(17)21-7-2)19-14-18(20(4)5)11-9-8-10-12-18/h15-16,19H,6-14H2,1-5H3. The molecule has 0 aromatic carbocycles. The quantitative estimate of drug-likeness (QED) is 0.779. The third kappa shape index (κ3) is 3.30. The molecule has 0 aliphatic heterocycles. The van der Waals surface area contributed by atoms with Crippen molar-refractivity contribution in [3.05, 3.63) is 0 Å². The van der Waals surface area contributed by atoms with Crippen molar-refractivity contribution in [1.29, 1.82) is 0 Å². The van der Waals surface area contributed by atoms with Crippen molar-refractivity contribution < 1.29 is 4.74 Å². The van der Waals surface area contributed by atoms with Crippen LogP contribution in [-0.4, -0.2) is 49.8 Å². The molecule has 124 valence electrons. The Morgan fingerprint density at radius 1 is 1.14 bits per heavy atom. The summed E-state index contributed by atoms with van der Waals surface area (Å²) >= 11 is 0. The zero-order valence-electron chi connectivity index (χ0n) is 14.9. The Hall–Kier alpha value is -0.120. The van der Waals surface area contributed by atoms with Crippen molar-refractivity contribution in [3.8, 4) is 0 Å². The average molecular weight is 296 g/mol. The van der Waals surface area contributed by atoms with Gasteiger partial charge in [0, 0.05) is 30.1 Å². The largest absolute Gasteiger partial charge is 0.378 e. The lowest BCUT2D eigenvalue weighted by atomic mass is 9.61. The molecular formula is C18H36N2O. The van der Waals surface area contributed by atoms with Gasteiger partial charge in [-0.2, -0.15) is 0 Å². The normalized spacial score (nSPS) is 35.7. The molecule has 2 saturated carbocycles. The first-order chi connectivity index (χ1) is 9.98. The van der Waals surface area contributed by atoms with Crippen LogP contribution in [0.1, 0.15) is 65.7 Å². The van der Waals surface area contributed by atoms with E-state index in [0.717, 1.165) is 13.2 Å². The molecule has 3 heteroatoms. The molecule has 3 unspecified atom stereocenters. The maximum absolute atomic E-state index is 5.93. The molecule has 0 saturated heterocycles. The number of nitrogens with one attached hydrogen (secondary N) is 1. The van der Waals surface area contributed by atoms with E-state index in [1.807, 2.05) is 0 Å². The highest BCUT2D eigenvalue weighted by atomic mass is 16.5. The fraction of sp³-hybridized carbons (Fsp3) is 1.00. The van der Waals surface area contributed by atoms with Gasteiger partial charge in [-0.1, -0.05) is 33.1 Å². The molecule has 0 amide bonds. The second-order valence-corrected chi connectivity index (χ2v) is 7.65. The van der Waals surface area contributed by atoms with Crippen molar-refractivity contribution in [3.63, 3.8) is 0 Å². The van der Waals surface area contributed by atoms with E-state index < -0.39 is 0 Å². The predicted molar refractivity (Wildman–Crippen MR) is 89.7 cm³/mol. The maximum atomic E-state index is 5.93. The van der Waals surface area contributed by atoms with Crippen molar-refractivity contribution in [2.45, 2.75) is 83.4 Å². The Morgan fingerprint density at radius 3 is 2.33 bits per heavy atom. The van der Waals surface area contributed by atoms with E-state index in [2.05, 4.69) is 45.1 Å². The Balaban J connectivity index is 1.92. The minimum atomic E-state index is 0.318. The summed E-state index contributed by atoms with van der Waals surface area (Å²) in [6.07, 6.45) is 9.71. The SMILES string of the molecule is CCOC1CC(NCC2(N(C)C)CCCCC2)C1(C)CC. The molecule has 2 fully saturated rings. The minimum absolute atomic E-state index is 0.318. The first kappa shape index (κ1) is 17.2. The maximum Gasteiger partial charge on any atom is 0.0658 e. The van der Waals surface area contributed by atoms with E-state index >= 15 is 0 Å². The zero-order chi connectivity index (χ0) is 15.5. The van der Waals surface area contributed by atoms with Crippen molar-refractivity contribution in [2.24, 2.45) is 5.41 Å². The van der Waals surface area contributed by atoms with Crippen molar-refractivity contribution in [2.75, 3.05) is 27.2 Å². The van der Waals surface area contributed by atoms with E-state index in [-0.39, 0.29) is 0 Å². The molecule has 0 bridgehead atoms. The summed E-state index contributed by atoms with van der Waals surface area (Å²) in [7, 11) is 4.52. The fourth-order valence-corrected chi connectivity index (χ4v) is 4.37. The van der Waals surface area contributed by atoms with Gasteiger partial charge in [0.25, 0.3) is 0 Å². The number of likely N-dealkylation sites (N-methyl/N-ethyl adjacent to an activating group) is 1. The predicted octanol–water partition coefficient (Wildman–Crippen LogP) is 3.43. The number of ether oxygens (including phenoxy) is 1. The van der Waals surface area contributed by atoms with Crippen LogP contribution in [0.25, 0.3) is 0 Å². The molecule has 3 nitrogen and oxygen atoms in total. The van der Waals surface area contributed by atoms with Gasteiger partial charge < -0.3 is 15.0 Å². The van der Waals surface area contributed by atoms with Crippen LogP contribution >= 0.6 is 0 Å². The van der Waals surface area contributed by atoms with Gasteiger partial charge in [-0.05, 0) is 46.7 Å². The van der Waals surface area contributed by atoms with E-state index in [1.54, 1.807) is 0 Å². The molecule has 2 aliphatic rings. The van der Waals surface area contributed by atoms with Crippen molar-refractivity contribution in [1.82, 2.24) is 10.2 Å². The molecule has 0 spiro atoms. The third-order valence-corrected chi connectivity index (χ3v) is 6.52. The summed E-state index contributed by atoms with van der Waals surface area (Å²) in [4.78, 5) is 2.47. The highest BCUT2D eigenvalue weighted by Gasteiger charge is 2.51. The molecule has 0 radical (unpaired) electrons. The van der Waals surface area contributed by atoms with E-state index in [9.17, 15) is 0 Å². The minimum Gasteiger partial charge on any atom is -0.378 e. The fourth-order valence-electron chi connectivity index (χ4n) is 4.37. The highest BCUT2D eigenvalue weighted by molar-refractivity contribution is 5.06. The summed E-state index contributed by atoms with van der Waals surface area (Å²) in [6, 6.07) is 0.623. The van der Waals surface area contributed by atoms with Crippen molar-refractivity contribution >= 4 is 0 Å². The second kappa shape index (κ2) is 6.97. The lowest BCUT2D eigenvalue weighted by molar-refractivity contribution is -0.128. The van der Waals surface area contributed by atoms with Gasteiger partial charge in [0.1, 0.15) is 0 Å². The highest BCUT2D eigenvalue weighted by Crippen LogP contribution is 2.46. The van der Waals surface area contributed by atoms with E-state index in [1.165, 1.54) is 44.9 Å². The second-order valence-electron chi connectivity index (χ2n) is 7.65. The molecule has 0 aromatic heterocycles. The number of hydrogen-bond acceptors (Lipinski definition) is 3. The summed E-state index contributed by atoms with van der Waals surface area (Å²) in [5.74, 6) is 0. The number of hydrogen-bond donors (Lipinski definition) is 1. The summed E-state index contributed by atoms with van der Waals surface area (Å²) in [6.45, 7) is 8.80. The zero-order valence-corrected chi connectivity index (χ0v) is 14.9. The van der Waals surface area contributed by atoms with Gasteiger partial charge in [0.2, 0.25) is 0 Å². The smallest absolute Gasteiger partial charge is 0.0658 e. The summed E-state index contributed by atoms with van der Waals surface area (Å²) in [5, 5.41) is 3.92. The van der Waals surface area contributed by atoms with Crippen LogP contribution < -0.4 is 5.32 Å². The van der Waals surface area contributed by atoms with Crippen LogP contribution in [0, 0.1) is 5.41 Å². The Bertz CT molecular complexity index is 325. The topological polar surface area (TPSA) is 24.5 Å². The molecule has 21 heavy (non-hydrogen) atoms. The first-order valence-electron chi connectivity index (χ1n) is 9.01. The van der Waals surface area contributed by atoms with Gasteiger partial charge in [-0.25, -0.2) is 0 Å². The van der Waals surface area contributed by atoms with Crippen LogP contribution in [0.5, 0.6) is 0 Å². The van der Waals surface area contributed by atoms with Gasteiger partial charge in [0.05, 0.1) is 6.10 Å². The van der Waals surface area contributed by atoms with Crippen LogP contribution in [0.4, 0.5) is 0 Å².